The predicted octanol–water partition coefficient (Wildman–Crippen LogP) is 8.15. The molecular formula is C33H24. The van der Waals surface area contributed by atoms with Crippen LogP contribution in [0.25, 0.3) is 23.3 Å². The number of hydrogen-bond acceptors (Lipinski definition) is 0. The highest BCUT2D eigenvalue weighted by Crippen LogP contribution is 2.55. The normalized spacial score (nSPS) is 14.9. The van der Waals surface area contributed by atoms with E-state index in [9.17, 15) is 0 Å². The number of rotatable bonds is 4. The molecule has 4 aromatic rings. The molecule has 6 rings (SSSR count). The predicted molar refractivity (Wildman–Crippen MR) is 141 cm³/mol. The summed E-state index contributed by atoms with van der Waals surface area (Å²) in [4.78, 5) is 0. The first kappa shape index (κ1) is 19.5. The van der Waals surface area contributed by atoms with Crippen LogP contribution >= 0.6 is 0 Å². The first-order valence-electron chi connectivity index (χ1n) is 11.3. The molecule has 0 unspecified atom stereocenters. The summed E-state index contributed by atoms with van der Waals surface area (Å²) in [6.07, 6.45) is 8.79. The molecule has 0 radical (unpaired) electrons. The minimum atomic E-state index is -0.334. The van der Waals surface area contributed by atoms with E-state index in [1.165, 1.54) is 44.5 Å². The van der Waals surface area contributed by atoms with Gasteiger partial charge in [-0.05, 0) is 67.8 Å². The fraction of sp³-hybridized carbons (Fsp3) is 0.0303. The van der Waals surface area contributed by atoms with Gasteiger partial charge in [0.25, 0.3) is 0 Å². The maximum Gasteiger partial charge on any atom is 0.0593 e. The molecule has 2 aliphatic carbocycles. The SMILES string of the molecule is C=Cc1ccc2c(c1)C1(C=C2c2ccccc2)C=C(c2ccccc2)c2ccc(C=C)cc21. The average molecular weight is 421 g/mol. The Hall–Kier alpha value is -4.16. The molecule has 0 aliphatic heterocycles. The topological polar surface area (TPSA) is 0 Å². The van der Waals surface area contributed by atoms with Crippen molar-refractivity contribution in [1.82, 2.24) is 0 Å². The van der Waals surface area contributed by atoms with E-state index in [4.69, 9.17) is 0 Å². The number of hydrogen-bond donors (Lipinski definition) is 0. The molecule has 0 heteroatoms. The van der Waals surface area contributed by atoms with Gasteiger partial charge in [0.15, 0.2) is 0 Å². The van der Waals surface area contributed by atoms with Crippen molar-refractivity contribution in [1.29, 1.82) is 0 Å². The smallest absolute Gasteiger partial charge is 0.0593 e. The lowest BCUT2D eigenvalue weighted by Gasteiger charge is -2.24. The summed E-state index contributed by atoms with van der Waals surface area (Å²) in [6.45, 7) is 8.07. The molecule has 0 saturated heterocycles. The van der Waals surface area contributed by atoms with E-state index in [1.807, 2.05) is 12.2 Å². The van der Waals surface area contributed by atoms with E-state index in [0.717, 1.165) is 11.1 Å². The van der Waals surface area contributed by atoms with Crippen molar-refractivity contribution < 1.29 is 0 Å². The van der Waals surface area contributed by atoms with Crippen molar-refractivity contribution in [3.05, 3.63) is 167 Å². The lowest BCUT2D eigenvalue weighted by atomic mass is 9.77. The monoisotopic (exact) mass is 420 g/mol. The van der Waals surface area contributed by atoms with Crippen molar-refractivity contribution in [2.24, 2.45) is 0 Å². The summed E-state index contributed by atoms with van der Waals surface area (Å²) < 4.78 is 0. The molecule has 33 heavy (non-hydrogen) atoms. The minimum Gasteiger partial charge on any atom is -0.0985 e. The molecule has 0 N–H and O–H groups in total. The van der Waals surface area contributed by atoms with Gasteiger partial charge in [-0.1, -0.05) is 122 Å². The van der Waals surface area contributed by atoms with E-state index in [0.29, 0.717) is 0 Å². The summed E-state index contributed by atoms with van der Waals surface area (Å²) in [5, 5.41) is 0. The molecule has 0 atom stereocenters. The van der Waals surface area contributed by atoms with E-state index in [2.05, 4.69) is 122 Å². The maximum absolute atomic E-state index is 4.04. The van der Waals surface area contributed by atoms with Crippen LogP contribution in [0.2, 0.25) is 0 Å². The van der Waals surface area contributed by atoms with E-state index in [-0.39, 0.29) is 5.41 Å². The largest absolute Gasteiger partial charge is 0.0985 e. The van der Waals surface area contributed by atoms with Crippen LogP contribution < -0.4 is 0 Å². The van der Waals surface area contributed by atoms with Crippen molar-refractivity contribution in [3.8, 4) is 0 Å². The van der Waals surface area contributed by atoms with Crippen LogP contribution in [0.15, 0.2) is 122 Å². The minimum absolute atomic E-state index is 0.334. The number of fused-ring (bicyclic) bond motifs is 4. The summed E-state index contributed by atoms with van der Waals surface area (Å²) in [5.74, 6) is 0. The van der Waals surface area contributed by atoms with Gasteiger partial charge in [-0.2, -0.15) is 0 Å². The number of allylic oxidation sites excluding steroid dienone is 2. The summed E-state index contributed by atoms with van der Waals surface area (Å²) in [6, 6.07) is 34.9. The third-order valence-corrected chi connectivity index (χ3v) is 6.94. The lowest BCUT2D eigenvalue weighted by molar-refractivity contribution is 0.849. The highest BCUT2D eigenvalue weighted by atomic mass is 14.5. The standard InChI is InChI=1S/C33H24/c1-3-23-15-17-27-29(25-11-7-5-8-12-25)21-33(31(27)19-23)22-30(26-13-9-6-10-14-26)28-18-16-24(4-2)20-32(28)33/h3-22H,1-2H2. The molecule has 0 aromatic heterocycles. The molecule has 1 spiro atoms. The van der Waals surface area contributed by atoms with Gasteiger partial charge in [-0.15, -0.1) is 0 Å². The Bertz CT molecular complexity index is 1350. The van der Waals surface area contributed by atoms with Gasteiger partial charge in [0.05, 0.1) is 5.41 Å². The van der Waals surface area contributed by atoms with Crippen LogP contribution in [0.4, 0.5) is 0 Å². The lowest BCUT2D eigenvalue weighted by Crippen LogP contribution is -2.19. The molecule has 0 nitrogen and oxygen atoms in total. The quantitative estimate of drug-likeness (QED) is 0.312. The Morgan fingerprint density at radius 3 is 1.33 bits per heavy atom. The second kappa shape index (κ2) is 7.46. The van der Waals surface area contributed by atoms with Crippen molar-refractivity contribution in [3.63, 3.8) is 0 Å². The zero-order valence-corrected chi connectivity index (χ0v) is 18.5. The van der Waals surface area contributed by atoms with Crippen LogP contribution in [0.1, 0.15) is 44.5 Å². The van der Waals surface area contributed by atoms with Crippen molar-refractivity contribution >= 4 is 23.3 Å². The molecule has 0 bridgehead atoms. The Labute approximate surface area is 195 Å². The van der Waals surface area contributed by atoms with Crippen molar-refractivity contribution in [2.45, 2.75) is 5.41 Å². The van der Waals surface area contributed by atoms with Gasteiger partial charge in [0.2, 0.25) is 0 Å². The Morgan fingerprint density at radius 1 is 0.515 bits per heavy atom. The van der Waals surface area contributed by atoms with Gasteiger partial charge >= 0.3 is 0 Å². The first-order valence-corrected chi connectivity index (χ1v) is 11.3. The second-order valence-corrected chi connectivity index (χ2v) is 8.74. The zero-order chi connectivity index (χ0) is 22.4. The van der Waals surface area contributed by atoms with Gasteiger partial charge in [0, 0.05) is 0 Å². The van der Waals surface area contributed by atoms with Crippen LogP contribution in [0, 0.1) is 0 Å². The summed E-state index contributed by atoms with van der Waals surface area (Å²) in [7, 11) is 0. The van der Waals surface area contributed by atoms with Gasteiger partial charge in [-0.25, -0.2) is 0 Å². The highest BCUT2D eigenvalue weighted by molar-refractivity contribution is 5.97. The highest BCUT2D eigenvalue weighted by Gasteiger charge is 2.44. The van der Waals surface area contributed by atoms with Gasteiger partial charge in [0.1, 0.15) is 0 Å². The summed E-state index contributed by atoms with van der Waals surface area (Å²) in [5.41, 5.74) is 12.2. The fourth-order valence-corrected chi connectivity index (χ4v) is 5.35. The average Bonchev–Trinajstić information content (AvgIpc) is 3.40. The molecule has 0 saturated carbocycles. The molecule has 156 valence electrons. The van der Waals surface area contributed by atoms with E-state index < -0.39 is 0 Å². The van der Waals surface area contributed by atoms with Crippen molar-refractivity contribution in [2.75, 3.05) is 0 Å². The van der Waals surface area contributed by atoms with Gasteiger partial charge < -0.3 is 0 Å². The maximum atomic E-state index is 4.04. The molecule has 0 heterocycles. The molecule has 2 aliphatic rings. The van der Waals surface area contributed by atoms with E-state index >= 15 is 0 Å². The first-order chi connectivity index (χ1) is 16.2. The third-order valence-electron chi connectivity index (χ3n) is 6.94. The molecule has 4 aromatic carbocycles. The van der Waals surface area contributed by atoms with Crippen LogP contribution in [0.3, 0.4) is 0 Å². The van der Waals surface area contributed by atoms with Crippen LogP contribution in [0.5, 0.6) is 0 Å². The Balaban J connectivity index is 1.71. The molecule has 0 amide bonds. The van der Waals surface area contributed by atoms with Crippen LogP contribution in [-0.2, 0) is 5.41 Å². The third kappa shape index (κ3) is 2.92. The Morgan fingerprint density at radius 2 is 0.939 bits per heavy atom. The van der Waals surface area contributed by atoms with E-state index in [1.54, 1.807) is 0 Å². The second-order valence-electron chi connectivity index (χ2n) is 8.74. The van der Waals surface area contributed by atoms with Gasteiger partial charge in [-0.3, -0.25) is 0 Å². The zero-order valence-electron chi connectivity index (χ0n) is 18.5. The number of benzene rings is 4. The molecule has 0 fully saturated rings. The fourth-order valence-electron chi connectivity index (χ4n) is 5.35. The molecular weight excluding hydrogens is 396 g/mol. The summed E-state index contributed by atoms with van der Waals surface area (Å²) >= 11 is 0. The Kier molecular flexibility index (Phi) is 4.41. The van der Waals surface area contributed by atoms with Crippen LogP contribution in [-0.4, -0.2) is 0 Å².